The zero-order valence-electron chi connectivity index (χ0n) is 15.9. The molecule has 0 atom stereocenters. The summed E-state index contributed by atoms with van der Waals surface area (Å²) >= 11 is 0. The molecule has 28 heavy (non-hydrogen) atoms. The summed E-state index contributed by atoms with van der Waals surface area (Å²) in [4.78, 5) is 23.9. The fraction of sp³-hybridized carbons (Fsp3) is 0.250. The SMILES string of the molecule is CCc1cc2cccc(C#CCCCCC(=O)O)c2c(=O)n1-c1ccccc1. The maximum Gasteiger partial charge on any atom is 0.303 e. The number of aryl methyl sites for hydroxylation is 1. The molecule has 0 aliphatic carbocycles. The lowest BCUT2D eigenvalue weighted by Crippen LogP contribution is -2.22. The maximum absolute atomic E-state index is 13.4. The minimum atomic E-state index is -0.782. The van der Waals surface area contributed by atoms with Crippen LogP contribution in [0.25, 0.3) is 16.5 Å². The Balaban J connectivity index is 2.02. The molecule has 0 aliphatic rings. The van der Waals surface area contributed by atoms with Gasteiger partial charge in [0, 0.05) is 29.8 Å². The number of carbonyl (C=O) groups is 1. The van der Waals surface area contributed by atoms with Crippen LogP contribution < -0.4 is 5.56 Å². The van der Waals surface area contributed by atoms with Crippen molar-refractivity contribution in [3.63, 3.8) is 0 Å². The van der Waals surface area contributed by atoms with Crippen molar-refractivity contribution < 1.29 is 9.90 Å². The van der Waals surface area contributed by atoms with Gasteiger partial charge in [-0.3, -0.25) is 14.2 Å². The summed E-state index contributed by atoms with van der Waals surface area (Å²) < 4.78 is 1.76. The van der Waals surface area contributed by atoms with Gasteiger partial charge in [0.05, 0.1) is 5.39 Å². The molecule has 0 fully saturated rings. The molecular weight excluding hydrogens is 350 g/mol. The molecular formula is C24H23NO3. The van der Waals surface area contributed by atoms with Crippen LogP contribution in [-0.4, -0.2) is 15.6 Å². The molecule has 1 heterocycles. The van der Waals surface area contributed by atoms with Gasteiger partial charge in [-0.2, -0.15) is 0 Å². The van der Waals surface area contributed by atoms with Crippen LogP contribution in [0.15, 0.2) is 59.4 Å². The highest BCUT2D eigenvalue weighted by molar-refractivity contribution is 5.88. The molecule has 3 rings (SSSR count). The first-order valence-corrected chi connectivity index (χ1v) is 9.55. The standard InChI is InChI=1S/C24H23NO3/c1-2-20-17-19-13-10-12-18(11-6-3-4-9-16-22(26)27)23(19)24(28)25(20)21-14-7-5-8-15-21/h5,7-8,10,12-15,17H,2-4,9,16H2,1H3,(H,26,27). The number of nitrogens with zero attached hydrogens (tertiary/aromatic N) is 1. The first-order chi connectivity index (χ1) is 13.6. The number of hydrogen-bond donors (Lipinski definition) is 1. The second kappa shape index (κ2) is 9.05. The molecule has 0 saturated carbocycles. The van der Waals surface area contributed by atoms with E-state index in [0.717, 1.165) is 29.6 Å². The van der Waals surface area contributed by atoms with Crippen molar-refractivity contribution in [1.82, 2.24) is 4.57 Å². The maximum atomic E-state index is 13.4. The van der Waals surface area contributed by atoms with Crippen molar-refractivity contribution in [3.8, 4) is 17.5 Å². The lowest BCUT2D eigenvalue weighted by molar-refractivity contribution is -0.137. The second-order valence-corrected chi connectivity index (χ2v) is 6.64. The molecule has 4 heteroatoms. The average Bonchev–Trinajstić information content (AvgIpc) is 2.70. The molecule has 0 amide bonds. The molecule has 0 saturated heterocycles. The molecule has 2 aromatic carbocycles. The van der Waals surface area contributed by atoms with Crippen molar-refractivity contribution in [3.05, 3.63) is 76.2 Å². The van der Waals surface area contributed by atoms with E-state index in [4.69, 9.17) is 5.11 Å². The van der Waals surface area contributed by atoms with Gasteiger partial charge in [0.2, 0.25) is 0 Å². The third kappa shape index (κ3) is 4.32. The van der Waals surface area contributed by atoms with Gasteiger partial charge in [0.25, 0.3) is 5.56 Å². The Morgan fingerprint density at radius 1 is 1.07 bits per heavy atom. The van der Waals surface area contributed by atoms with E-state index in [0.29, 0.717) is 23.8 Å². The van der Waals surface area contributed by atoms with E-state index in [2.05, 4.69) is 17.9 Å². The van der Waals surface area contributed by atoms with Gasteiger partial charge in [-0.25, -0.2) is 0 Å². The molecule has 142 valence electrons. The summed E-state index contributed by atoms with van der Waals surface area (Å²) in [6.07, 6.45) is 2.87. The van der Waals surface area contributed by atoms with Crippen molar-refractivity contribution in [2.24, 2.45) is 0 Å². The normalized spacial score (nSPS) is 10.5. The van der Waals surface area contributed by atoms with Crippen molar-refractivity contribution >= 4 is 16.7 Å². The highest BCUT2D eigenvalue weighted by Gasteiger charge is 2.12. The number of carboxylic acids is 1. The fourth-order valence-electron chi connectivity index (χ4n) is 3.29. The summed E-state index contributed by atoms with van der Waals surface area (Å²) in [5.74, 6) is 5.43. The van der Waals surface area contributed by atoms with Crippen LogP contribution in [0.1, 0.15) is 43.9 Å². The number of unbranched alkanes of at least 4 members (excludes halogenated alkanes) is 2. The summed E-state index contributed by atoms with van der Waals surface area (Å²) in [5, 5.41) is 10.2. The Morgan fingerprint density at radius 2 is 1.86 bits per heavy atom. The summed E-state index contributed by atoms with van der Waals surface area (Å²) in [5.41, 5.74) is 2.47. The van der Waals surface area contributed by atoms with Crippen LogP contribution in [0, 0.1) is 11.8 Å². The molecule has 0 radical (unpaired) electrons. The summed E-state index contributed by atoms with van der Waals surface area (Å²) in [6.45, 7) is 2.04. The number of benzene rings is 2. The number of pyridine rings is 1. The van der Waals surface area contributed by atoms with Gasteiger partial charge in [-0.05, 0) is 48.9 Å². The predicted octanol–water partition coefficient (Wildman–Crippen LogP) is 4.55. The Kier molecular flexibility index (Phi) is 6.29. The smallest absolute Gasteiger partial charge is 0.303 e. The number of aromatic nitrogens is 1. The monoisotopic (exact) mass is 373 g/mol. The van der Waals surface area contributed by atoms with Crippen molar-refractivity contribution in [2.45, 2.75) is 39.0 Å². The van der Waals surface area contributed by atoms with Gasteiger partial charge >= 0.3 is 5.97 Å². The van der Waals surface area contributed by atoms with E-state index in [1.165, 1.54) is 0 Å². The molecule has 3 aromatic rings. The average molecular weight is 373 g/mol. The Hall–Kier alpha value is -3.32. The van der Waals surface area contributed by atoms with Crippen LogP contribution in [0.5, 0.6) is 0 Å². The zero-order chi connectivity index (χ0) is 19.9. The molecule has 1 aromatic heterocycles. The number of carboxylic acid groups (broad SMARTS) is 1. The van der Waals surface area contributed by atoms with Crippen LogP contribution in [0.2, 0.25) is 0 Å². The first-order valence-electron chi connectivity index (χ1n) is 9.55. The van der Waals surface area contributed by atoms with Gasteiger partial charge < -0.3 is 5.11 Å². The number of aliphatic carboxylic acids is 1. The van der Waals surface area contributed by atoms with Gasteiger partial charge in [0.1, 0.15) is 0 Å². The number of fused-ring (bicyclic) bond motifs is 1. The fourth-order valence-corrected chi connectivity index (χ4v) is 3.29. The largest absolute Gasteiger partial charge is 0.481 e. The third-order valence-corrected chi connectivity index (χ3v) is 4.67. The molecule has 0 unspecified atom stereocenters. The third-order valence-electron chi connectivity index (χ3n) is 4.67. The minimum absolute atomic E-state index is 0.0590. The quantitative estimate of drug-likeness (QED) is 0.509. The lowest BCUT2D eigenvalue weighted by Gasteiger charge is -2.14. The molecule has 0 aliphatic heterocycles. The highest BCUT2D eigenvalue weighted by atomic mass is 16.4. The van der Waals surface area contributed by atoms with Crippen molar-refractivity contribution in [1.29, 1.82) is 0 Å². The second-order valence-electron chi connectivity index (χ2n) is 6.64. The molecule has 0 spiro atoms. The minimum Gasteiger partial charge on any atom is -0.481 e. The van der Waals surface area contributed by atoms with E-state index in [1.54, 1.807) is 4.57 Å². The topological polar surface area (TPSA) is 59.3 Å². The van der Waals surface area contributed by atoms with Gasteiger partial charge in [-0.1, -0.05) is 49.1 Å². The Morgan fingerprint density at radius 3 is 2.57 bits per heavy atom. The highest BCUT2D eigenvalue weighted by Crippen LogP contribution is 2.19. The van der Waals surface area contributed by atoms with E-state index >= 15 is 0 Å². The summed E-state index contributed by atoms with van der Waals surface area (Å²) in [7, 11) is 0. The van der Waals surface area contributed by atoms with Gasteiger partial charge in [-0.15, -0.1) is 0 Å². The zero-order valence-corrected chi connectivity index (χ0v) is 15.9. The number of para-hydroxylation sites is 1. The van der Waals surface area contributed by atoms with Gasteiger partial charge in [0.15, 0.2) is 0 Å². The Bertz CT molecular complexity index is 1100. The van der Waals surface area contributed by atoms with E-state index in [1.807, 2.05) is 55.5 Å². The Labute approximate surface area is 164 Å². The predicted molar refractivity (Wildman–Crippen MR) is 112 cm³/mol. The van der Waals surface area contributed by atoms with Crippen LogP contribution >= 0.6 is 0 Å². The number of rotatable bonds is 6. The molecule has 0 bridgehead atoms. The van der Waals surface area contributed by atoms with Crippen LogP contribution in [-0.2, 0) is 11.2 Å². The van der Waals surface area contributed by atoms with Crippen molar-refractivity contribution in [2.75, 3.05) is 0 Å². The van der Waals surface area contributed by atoms with Crippen LogP contribution in [0.3, 0.4) is 0 Å². The van der Waals surface area contributed by atoms with E-state index in [-0.39, 0.29) is 12.0 Å². The van der Waals surface area contributed by atoms with E-state index < -0.39 is 5.97 Å². The number of hydrogen-bond acceptors (Lipinski definition) is 2. The molecule has 1 N–H and O–H groups in total. The lowest BCUT2D eigenvalue weighted by atomic mass is 10.0. The van der Waals surface area contributed by atoms with Crippen LogP contribution in [0.4, 0.5) is 0 Å². The summed E-state index contributed by atoms with van der Waals surface area (Å²) in [6, 6.07) is 17.4. The first kappa shape index (κ1) is 19.4. The molecule has 4 nitrogen and oxygen atoms in total. The van der Waals surface area contributed by atoms with E-state index in [9.17, 15) is 9.59 Å².